The molecule has 0 saturated heterocycles. The van der Waals surface area contributed by atoms with Crippen LogP contribution in [0.4, 0.5) is 0 Å². The summed E-state index contributed by atoms with van der Waals surface area (Å²) < 4.78 is 9.06. The van der Waals surface area contributed by atoms with Crippen molar-refractivity contribution < 1.29 is 4.74 Å². The number of hydrogen-bond donors (Lipinski definition) is 0. The van der Waals surface area contributed by atoms with E-state index in [0.29, 0.717) is 0 Å². The summed E-state index contributed by atoms with van der Waals surface area (Å²) in [5.74, 6) is 1.90. The number of para-hydroxylation sites is 1. The fourth-order valence-electron chi connectivity index (χ4n) is 5.48. The van der Waals surface area contributed by atoms with Gasteiger partial charge in [0.1, 0.15) is 11.5 Å². The van der Waals surface area contributed by atoms with Gasteiger partial charge < -0.3 is 4.74 Å². The van der Waals surface area contributed by atoms with Crippen molar-refractivity contribution in [3.63, 3.8) is 0 Å². The van der Waals surface area contributed by atoms with E-state index in [1.165, 1.54) is 53.6 Å². The molecule has 6 aromatic rings. The Morgan fingerprint density at radius 1 is 0.571 bits per heavy atom. The maximum atomic E-state index is 6.38. The van der Waals surface area contributed by atoms with E-state index >= 15 is 0 Å². The molecular weight excluding hydrogens is 444 g/mol. The van der Waals surface area contributed by atoms with Crippen molar-refractivity contribution in [2.45, 2.75) is 19.3 Å². The Kier molecular flexibility index (Phi) is 4.43. The van der Waals surface area contributed by atoms with Crippen LogP contribution in [0.5, 0.6) is 11.5 Å². The Balaban J connectivity index is 1.34. The normalized spacial score (nSPS) is 13.9. The van der Waals surface area contributed by atoms with Gasteiger partial charge in [0.2, 0.25) is 0 Å². The van der Waals surface area contributed by atoms with E-state index in [2.05, 4.69) is 117 Å². The fraction of sp³-hybridized carbons (Fsp3) is 0.0909. The van der Waals surface area contributed by atoms with E-state index in [1.54, 1.807) is 0 Å². The molecule has 0 amide bonds. The highest BCUT2D eigenvalue weighted by molar-refractivity contribution is 7.26. The third-order valence-electron chi connectivity index (χ3n) is 7.35. The van der Waals surface area contributed by atoms with Gasteiger partial charge in [-0.25, -0.2) is 0 Å². The molecule has 0 aliphatic carbocycles. The summed E-state index contributed by atoms with van der Waals surface area (Å²) in [5, 5.41) is 2.66. The predicted octanol–water partition coefficient (Wildman–Crippen LogP) is 9.82. The molecular formula is C33H24OS. The minimum atomic E-state index is -0.0959. The Morgan fingerprint density at radius 2 is 1.29 bits per heavy atom. The van der Waals surface area contributed by atoms with Gasteiger partial charge in [-0.15, -0.1) is 11.3 Å². The lowest BCUT2D eigenvalue weighted by Crippen LogP contribution is -2.24. The van der Waals surface area contributed by atoms with Crippen LogP contribution in [0.25, 0.3) is 42.4 Å². The molecule has 0 spiro atoms. The maximum absolute atomic E-state index is 6.38. The van der Waals surface area contributed by atoms with E-state index in [-0.39, 0.29) is 5.41 Å². The SMILES string of the molecule is CC1(C)c2ccccc2Oc2cc(-c3cccc(-c4cccc5c4sc4ccccc45)c3)ccc21. The van der Waals surface area contributed by atoms with Gasteiger partial charge in [-0.05, 0) is 46.5 Å². The Bertz CT molecular complexity index is 1750. The van der Waals surface area contributed by atoms with Crippen molar-refractivity contribution in [1.82, 2.24) is 0 Å². The number of ether oxygens (including phenoxy) is 1. The lowest BCUT2D eigenvalue weighted by Gasteiger charge is -2.34. The molecule has 1 nitrogen and oxygen atoms in total. The standard InChI is InChI=1S/C33H24OS/c1-33(2)27-14-4-5-15-29(27)34-30-20-22(17-18-28(30)33)21-9-7-10-23(19-21)24-12-8-13-26-25-11-3-6-16-31(25)35-32(24)26/h3-20H,1-2H3. The summed E-state index contributed by atoms with van der Waals surface area (Å²) in [5.41, 5.74) is 7.26. The van der Waals surface area contributed by atoms with E-state index in [1.807, 2.05) is 17.4 Å². The molecule has 0 fully saturated rings. The summed E-state index contributed by atoms with van der Waals surface area (Å²) >= 11 is 1.88. The maximum Gasteiger partial charge on any atom is 0.132 e. The van der Waals surface area contributed by atoms with Gasteiger partial charge in [0.25, 0.3) is 0 Å². The van der Waals surface area contributed by atoms with Gasteiger partial charge in [0, 0.05) is 36.7 Å². The average molecular weight is 469 g/mol. The molecule has 35 heavy (non-hydrogen) atoms. The van der Waals surface area contributed by atoms with Crippen LogP contribution in [0.2, 0.25) is 0 Å². The molecule has 2 heterocycles. The van der Waals surface area contributed by atoms with Crippen LogP contribution in [0.1, 0.15) is 25.0 Å². The molecule has 0 atom stereocenters. The molecule has 1 aliphatic heterocycles. The molecule has 0 radical (unpaired) electrons. The van der Waals surface area contributed by atoms with Gasteiger partial charge in [0.05, 0.1) is 0 Å². The second-order valence-corrected chi connectivity index (χ2v) is 10.8. The van der Waals surface area contributed by atoms with Crippen molar-refractivity contribution >= 4 is 31.5 Å². The zero-order valence-corrected chi connectivity index (χ0v) is 20.5. The van der Waals surface area contributed by atoms with Crippen LogP contribution in [-0.4, -0.2) is 0 Å². The van der Waals surface area contributed by atoms with Gasteiger partial charge in [-0.3, -0.25) is 0 Å². The lowest BCUT2D eigenvalue weighted by atomic mass is 9.75. The number of fused-ring (bicyclic) bond motifs is 5. The van der Waals surface area contributed by atoms with Crippen molar-refractivity contribution in [2.24, 2.45) is 0 Å². The van der Waals surface area contributed by atoms with Crippen LogP contribution in [0.3, 0.4) is 0 Å². The number of benzene rings is 5. The second kappa shape index (κ2) is 7.56. The monoisotopic (exact) mass is 468 g/mol. The van der Waals surface area contributed by atoms with Crippen molar-refractivity contribution in [3.05, 3.63) is 120 Å². The van der Waals surface area contributed by atoms with Crippen LogP contribution in [-0.2, 0) is 5.41 Å². The first-order chi connectivity index (χ1) is 17.1. The molecule has 2 heteroatoms. The first-order valence-electron chi connectivity index (χ1n) is 12.0. The Labute approximate surface area is 209 Å². The molecule has 0 unspecified atom stereocenters. The van der Waals surface area contributed by atoms with Gasteiger partial charge in [-0.2, -0.15) is 0 Å². The third-order valence-corrected chi connectivity index (χ3v) is 8.57. The fourth-order valence-corrected chi connectivity index (χ4v) is 6.72. The van der Waals surface area contributed by atoms with Crippen molar-refractivity contribution in [3.8, 4) is 33.8 Å². The van der Waals surface area contributed by atoms with Crippen LogP contribution < -0.4 is 4.74 Å². The second-order valence-electron chi connectivity index (χ2n) is 9.80. The van der Waals surface area contributed by atoms with Crippen molar-refractivity contribution in [1.29, 1.82) is 0 Å². The quantitative estimate of drug-likeness (QED) is 0.246. The summed E-state index contributed by atoms with van der Waals surface area (Å²) in [6.45, 7) is 4.55. The summed E-state index contributed by atoms with van der Waals surface area (Å²) in [6, 6.07) is 39.3. The largest absolute Gasteiger partial charge is 0.457 e. The molecule has 1 aromatic heterocycles. The first-order valence-corrected chi connectivity index (χ1v) is 12.8. The Morgan fingerprint density at radius 3 is 2.23 bits per heavy atom. The third kappa shape index (κ3) is 3.14. The summed E-state index contributed by atoms with van der Waals surface area (Å²) in [7, 11) is 0. The first kappa shape index (κ1) is 20.5. The van der Waals surface area contributed by atoms with Gasteiger partial charge in [-0.1, -0.05) is 98.8 Å². The lowest BCUT2D eigenvalue weighted by molar-refractivity contribution is 0.418. The van der Waals surface area contributed by atoms with E-state index < -0.39 is 0 Å². The van der Waals surface area contributed by atoms with Crippen LogP contribution >= 0.6 is 11.3 Å². The molecule has 7 rings (SSSR count). The smallest absolute Gasteiger partial charge is 0.132 e. The average Bonchev–Trinajstić information content (AvgIpc) is 3.27. The highest BCUT2D eigenvalue weighted by Gasteiger charge is 2.34. The van der Waals surface area contributed by atoms with E-state index in [4.69, 9.17) is 4.74 Å². The zero-order valence-electron chi connectivity index (χ0n) is 19.7. The Hall–Kier alpha value is -3.88. The van der Waals surface area contributed by atoms with Crippen LogP contribution in [0.15, 0.2) is 109 Å². The summed E-state index contributed by atoms with van der Waals surface area (Å²) in [6.07, 6.45) is 0. The molecule has 5 aromatic carbocycles. The number of rotatable bonds is 2. The molecule has 1 aliphatic rings. The minimum absolute atomic E-state index is 0.0959. The highest BCUT2D eigenvalue weighted by Crippen LogP contribution is 2.49. The van der Waals surface area contributed by atoms with Crippen LogP contribution in [0, 0.1) is 0 Å². The van der Waals surface area contributed by atoms with E-state index in [0.717, 1.165) is 11.5 Å². The van der Waals surface area contributed by atoms with Crippen molar-refractivity contribution in [2.75, 3.05) is 0 Å². The molecule has 0 N–H and O–H groups in total. The summed E-state index contributed by atoms with van der Waals surface area (Å²) in [4.78, 5) is 0. The minimum Gasteiger partial charge on any atom is -0.457 e. The van der Waals surface area contributed by atoms with E-state index in [9.17, 15) is 0 Å². The molecule has 0 saturated carbocycles. The molecule has 0 bridgehead atoms. The number of hydrogen-bond acceptors (Lipinski definition) is 2. The molecule has 168 valence electrons. The topological polar surface area (TPSA) is 9.23 Å². The van der Waals surface area contributed by atoms with Gasteiger partial charge >= 0.3 is 0 Å². The van der Waals surface area contributed by atoms with Gasteiger partial charge in [0.15, 0.2) is 0 Å². The predicted molar refractivity (Wildman–Crippen MR) is 149 cm³/mol. The zero-order chi connectivity index (χ0) is 23.6. The number of thiophene rings is 1. The highest BCUT2D eigenvalue weighted by atomic mass is 32.1.